The first-order valence-electron chi connectivity index (χ1n) is 8.24. The number of carbonyl (C=O) groups is 1. The Morgan fingerprint density at radius 3 is 2.96 bits per heavy atom. The Bertz CT molecular complexity index is 872. The van der Waals surface area contributed by atoms with Crippen molar-refractivity contribution < 1.29 is 9.32 Å². The third-order valence-corrected chi connectivity index (χ3v) is 4.45. The fourth-order valence-corrected chi connectivity index (χ4v) is 2.90. The largest absolute Gasteiger partial charge is 0.337 e. The Morgan fingerprint density at radius 1 is 1.36 bits per heavy atom. The van der Waals surface area contributed by atoms with Gasteiger partial charge in [0.05, 0.1) is 0 Å². The monoisotopic (exact) mass is 338 g/mol. The van der Waals surface area contributed by atoms with E-state index in [9.17, 15) is 4.79 Å². The summed E-state index contributed by atoms with van der Waals surface area (Å²) in [5.41, 5.74) is 1.84. The van der Waals surface area contributed by atoms with Crippen molar-refractivity contribution in [1.29, 1.82) is 0 Å². The maximum Gasteiger partial charge on any atom is 0.249 e. The fourth-order valence-electron chi connectivity index (χ4n) is 2.90. The molecule has 1 fully saturated rings. The maximum atomic E-state index is 12.5. The van der Waals surface area contributed by atoms with Crippen LogP contribution in [-0.2, 0) is 11.3 Å². The Hall–Kier alpha value is -3.03. The summed E-state index contributed by atoms with van der Waals surface area (Å²) in [4.78, 5) is 22.8. The molecule has 1 aliphatic rings. The van der Waals surface area contributed by atoms with E-state index in [0.29, 0.717) is 31.2 Å². The maximum absolute atomic E-state index is 12.5. The Kier molecular flexibility index (Phi) is 4.01. The lowest BCUT2D eigenvalue weighted by Crippen LogP contribution is -2.45. The van der Waals surface area contributed by atoms with Crippen molar-refractivity contribution in [2.24, 2.45) is 0 Å². The van der Waals surface area contributed by atoms with Gasteiger partial charge in [-0.2, -0.15) is 10.1 Å². The molecule has 8 heteroatoms. The van der Waals surface area contributed by atoms with Gasteiger partial charge in [-0.25, -0.2) is 0 Å². The minimum absolute atomic E-state index is 0.0762. The second kappa shape index (κ2) is 6.46. The first-order chi connectivity index (χ1) is 12.2. The van der Waals surface area contributed by atoms with E-state index < -0.39 is 0 Å². The number of amides is 1. The van der Waals surface area contributed by atoms with E-state index in [0.717, 1.165) is 17.7 Å². The quantitative estimate of drug-likeness (QED) is 0.707. The lowest BCUT2D eigenvalue weighted by atomic mass is 10.0. The van der Waals surface area contributed by atoms with Crippen molar-refractivity contribution in [1.82, 2.24) is 29.8 Å². The molecule has 25 heavy (non-hydrogen) atoms. The van der Waals surface area contributed by atoms with Crippen molar-refractivity contribution >= 4 is 5.91 Å². The van der Waals surface area contributed by atoms with Crippen LogP contribution in [0.5, 0.6) is 0 Å². The first-order valence-corrected chi connectivity index (χ1v) is 8.24. The number of aryl methyl sites for hydroxylation is 2. The van der Waals surface area contributed by atoms with Crippen molar-refractivity contribution in [3.63, 3.8) is 0 Å². The first kappa shape index (κ1) is 15.5. The van der Waals surface area contributed by atoms with Gasteiger partial charge in [-0.15, -0.1) is 0 Å². The van der Waals surface area contributed by atoms with Gasteiger partial charge in [0, 0.05) is 49.4 Å². The van der Waals surface area contributed by atoms with Crippen LogP contribution in [0.4, 0.5) is 0 Å². The van der Waals surface area contributed by atoms with Gasteiger partial charge < -0.3 is 9.42 Å². The number of aromatic nitrogens is 5. The van der Waals surface area contributed by atoms with Gasteiger partial charge in [0.15, 0.2) is 0 Å². The zero-order chi connectivity index (χ0) is 17.2. The molecule has 1 amide bonds. The predicted octanol–water partition coefficient (Wildman–Crippen LogP) is 2.00. The van der Waals surface area contributed by atoms with Crippen molar-refractivity contribution in [2.75, 3.05) is 6.54 Å². The Balaban J connectivity index is 1.41. The molecule has 4 rings (SSSR count). The number of hydrogen-bond acceptors (Lipinski definition) is 6. The third kappa shape index (κ3) is 3.02. The summed E-state index contributed by atoms with van der Waals surface area (Å²) in [6.45, 7) is 3.26. The van der Waals surface area contributed by atoms with Crippen LogP contribution in [-0.4, -0.2) is 42.3 Å². The highest BCUT2D eigenvalue weighted by atomic mass is 16.5. The topological polar surface area (TPSA) is 89.9 Å². The van der Waals surface area contributed by atoms with E-state index in [1.165, 1.54) is 0 Å². The molecule has 1 aliphatic heterocycles. The summed E-state index contributed by atoms with van der Waals surface area (Å²) in [6, 6.07) is 5.48. The molecule has 0 aromatic carbocycles. The van der Waals surface area contributed by atoms with Gasteiger partial charge >= 0.3 is 0 Å². The number of hydrogen-bond donors (Lipinski definition) is 0. The Labute approximate surface area is 144 Å². The molecule has 4 heterocycles. The highest BCUT2D eigenvalue weighted by Gasteiger charge is 2.37. The highest BCUT2D eigenvalue weighted by molar-refractivity contribution is 5.77. The normalized spacial score (nSPS) is 16.7. The standard InChI is InChI=1S/C17H18N6O2/c1-12-4-8-19-23(12)10-6-15(24)22-9-5-14(22)17-20-16(21-25-17)13-3-2-7-18-11-13/h2-4,7-8,11,14H,5-6,9-10H2,1H3/t14-/m1/s1. The molecule has 1 atom stereocenters. The molecule has 0 bridgehead atoms. The molecule has 3 aromatic heterocycles. The second-order valence-electron chi connectivity index (χ2n) is 6.04. The van der Waals surface area contributed by atoms with Crippen LogP contribution in [0.3, 0.4) is 0 Å². The average Bonchev–Trinajstić information content (AvgIpc) is 3.22. The number of nitrogens with zero attached hydrogens (tertiary/aromatic N) is 6. The minimum atomic E-state index is -0.135. The number of carbonyl (C=O) groups excluding carboxylic acids is 1. The lowest BCUT2D eigenvalue weighted by molar-refractivity contribution is -0.140. The lowest BCUT2D eigenvalue weighted by Gasteiger charge is -2.38. The summed E-state index contributed by atoms with van der Waals surface area (Å²) >= 11 is 0. The summed E-state index contributed by atoms with van der Waals surface area (Å²) in [5.74, 6) is 1.05. The van der Waals surface area contributed by atoms with Gasteiger partial charge in [-0.3, -0.25) is 14.5 Å². The number of likely N-dealkylation sites (tertiary alicyclic amines) is 1. The zero-order valence-corrected chi connectivity index (χ0v) is 13.9. The molecule has 0 unspecified atom stereocenters. The van der Waals surface area contributed by atoms with E-state index in [1.807, 2.05) is 29.8 Å². The SMILES string of the molecule is Cc1ccnn1CCC(=O)N1CC[C@@H]1c1nc(-c2cccnc2)no1. The van der Waals surface area contributed by atoms with Crippen molar-refractivity contribution in [3.8, 4) is 11.4 Å². The van der Waals surface area contributed by atoms with E-state index in [4.69, 9.17) is 4.52 Å². The molecule has 3 aromatic rings. The van der Waals surface area contributed by atoms with Crippen LogP contribution in [0.2, 0.25) is 0 Å². The molecule has 0 N–H and O–H groups in total. The van der Waals surface area contributed by atoms with Gasteiger partial charge in [-0.05, 0) is 31.5 Å². The molecule has 0 aliphatic carbocycles. The smallest absolute Gasteiger partial charge is 0.249 e. The fraction of sp³-hybridized carbons (Fsp3) is 0.353. The molecule has 0 radical (unpaired) electrons. The molecular formula is C17H18N6O2. The Morgan fingerprint density at radius 2 is 2.28 bits per heavy atom. The molecule has 1 saturated heterocycles. The van der Waals surface area contributed by atoms with Crippen LogP contribution in [0.15, 0.2) is 41.3 Å². The molecule has 0 saturated carbocycles. The summed E-state index contributed by atoms with van der Waals surface area (Å²) < 4.78 is 7.21. The molecule has 0 spiro atoms. The highest BCUT2D eigenvalue weighted by Crippen LogP contribution is 2.33. The van der Waals surface area contributed by atoms with E-state index in [-0.39, 0.29) is 11.9 Å². The third-order valence-electron chi connectivity index (χ3n) is 4.45. The van der Waals surface area contributed by atoms with Gasteiger partial charge in [0.2, 0.25) is 17.6 Å². The molecule has 128 valence electrons. The van der Waals surface area contributed by atoms with Crippen LogP contribution in [0.25, 0.3) is 11.4 Å². The molecular weight excluding hydrogens is 320 g/mol. The molecule has 8 nitrogen and oxygen atoms in total. The van der Waals surface area contributed by atoms with E-state index >= 15 is 0 Å². The van der Waals surface area contributed by atoms with Crippen LogP contribution >= 0.6 is 0 Å². The second-order valence-corrected chi connectivity index (χ2v) is 6.04. The summed E-state index contributed by atoms with van der Waals surface area (Å²) in [5, 5.41) is 8.21. The van der Waals surface area contributed by atoms with Gasteiger partial charge in [0.25, 0.3) is 0 Å². The average molecular weight is 338 g/mol. The van der Waals surface area contributed by atoms with Crippen LogP contribution in [0, 0.1) is 6.92 Å². The minimum Gasteiger partial charge on any atom is -0.337 e. The zero-order valence-electron chi connectivity index (χ0n) is 13.9. The van der Waals surface area contributed by atoms with Gasteiger partial charge in [-0.1, -0.05) is 5.16 Å². The van der Waals surface area contributed by atoms with Gasteiger partial charge in [0.1, 0.15) is 6.04 Å². The predicted molar refractivity (Wildman–Crippen MR) is 88.2 cm³/mol. The van der Waals surface area contributed by atoms with E-state index in [2.05, 4.69) is 20.2 Å². The number of rotatable bonds is 5. The van der Waals surface area contributed by atoms with Crippen LogP contribution in [0.1, 0.15) is 30.5 Å². The summed E-state index contributed by atoms with van der Waals surface area (Å²) in [6.07, 6.45) is 6.36. The number of pyridine rings is 1. The summed E-state index contributed by atoms with van der Waals surface area (Å²) in [7, 11) is 0. The van der Waals surface area contributed by atoms with Crippen molar-refractivity contribution in [3.05, 3.63) is 48.4 Å². The van der Waals surface area contributed by atoms with Crippen molar-refractivity contribution in [2.45, 2.75) is 32.4 Å². The van der Waals surface area contributed by atoms with Crippen LogP contribution < -0.4 is 0 Å². The van der Waals surface area contributed by atoms with E-state index in [1.54, 1.807) is 23.5 Å².